The van der Waals surface area contributed by atoms with E-state index >= 15 is 0 Å². The smallest absolute Gasteiger partial charge is 0.0339 e. The Bertz CT molecular complexity index is 483. The molecular weight excluding hydrogens is 298 g/mol. The van der Waals surface area contributed by atoms with E-state index in [1.165, 1.54) is 55.6 Å². The maximum absolute atomic E-state index is 3.87. The molecule has 1 aliphatic rings. The summed E-state index contributed by atoms with van der Waals surface area (Å²) in [6, 6.07) is 7.82. The van der Waals surface area contributed by atoms with Crippen LogP contribution < -0.4 is 5.32 Å². The van der Waals surface area contributed by atoms with Gasteiger partial charge in [0.05, 0.1) is 0 Å². The van der Waals surface area contributed by atoms with Crippen LogP contribution in [-0.4, -0.2) is 17.5 Å². The van der Waals surface area contributed by atoms with Crippen LogP contribution in [0.1, 0.15) is 68.6 Å². The highest BCUT2D eigenvalue weighted by Gasteiger charge is 2.26. The Morgan fingerprint density at radius 1 is 1.22 bits per heavy atom. The number of thioether (sulfide) groups is 1. The van der Waals surface area contributed by atoms with E-state index in [0.29, 0.717) is 12.0 Å². The fraction of sp³-hybridized carbons (Fsp3) is 0.619. The minimum absolute atomic E-state index is 0.550. The van der Waals surface area contributed by atoms with Gasteiger partial charge in [0, 0.05) is 17.7 Å². The zero-order valence-electron chi connectivity index (χ0n) is 14.9. The van der Waals surface area contributed by atoms with E-state index in [9.17, 15) is 0 Å². The van der Waals surface area contributed by atoms with Crippen LogP contribution in [0.3, 0.4) is 0 Å². The van der Waals surface area contributed by atoms with Crippen molar-refractivity contribution < 1.29 is 0 Å². The van der Waals surface area contributed by atoms with Gasteiger partial charge < -0.3 is 5.32 Å². The van der Waals surface area contributed by atoms with Crippen LogP contribution in [0.5, 0.6) is 0 Å². The zero-order valence-corrected chi connectivity index (χ0v) is 15.8. The van der Waals surface area contributed by atoms with E-state index in [0.717, 1.165) is 6.42 Å². The average Bonchev–Trinajstić information content (AvgIpc) is 2.59. The highest BCUT2D eigenvalue weighted by atomic mass is 32.2. The Labute approximate surface area is 147 Å². The highest BCUT2D eigenvalue weighted by Crippen LogP contribution is 2.33. The van der Waals surface area contributed by atoms with Crippen molar-refractivity contribution in [1.29, 1.82) is 0 Å². The van der Waals surface area contributed by atoms with Crippen LogP contribution >= 0.6 is 11.8 Å². The van der Waals surface area contributed by atoms with Crippen molar-refractivity contribution in [3.05, 3.63) is 47.7 Å². The Morgan fingerprint density at radius 3 is 2.83 bits per heavy atom. The molecule has 2 atom stereocenters. The van der Waals surface area contributed by atoms with Gasteiger partial charge in [-0.1, -0.05) is 57.9 Å². The summed E-state index contributed by atoms with van der Waals surface area (Å²) in [5.41, 5.74) is 4.66. The number of nitrogens with one attached hydrogen (secondary N) is 1. The average molecular weight is 332 g/mol. The van der Waals surface area contributed by atoms with Gasteiger partial charge in [0.2, 0.25) is 0 Å². The quantitative estimate of drug-likeness (QED) is 0.583. The van der Waals surface area contributed by atoms with E-state index in [4.69, 9.17) is 0 Å². The van der Waals surface area contributed by atoms with Crippen LogP contribution in [0.25, 0.3) is 0 Å². The summed E-state index contributed by atoms with van der Waals surface area (Å²) >= 11 is 2.09. The van der Waals surface area contributed by atoms with Crippen molar-refractivity contribution in [2.75, 3.05) is 11.5 Å². The van der Waals surface area contributed by atoms with Gasteiger partial charge in [-0.3, -0.25) is 0 Å². The summed E-state index contributed by atoms with van der Waals surface area (Å²) in [6.45, 7) is 8.43. The largest absolute Gasteiger partial charge is 0.388 e. The van der Waals surface area contributed by atoms with Gasteiger partial charge in [-0.2, -0.15) is 11.8 Å². The first-order chi connectivity index (χ1) is 11.3. The first kappa shape index (κ1) is 18.4. The van der Waals surface area contributed by atoms with E-state index in [1.807, 2.05) is 6.20 Å². The van der Waals surface area contributed by atoms with Crippen molar-refractivity contribution in [3.8, 4) is 0 Å². The molecule has 2 unspecified atom stereocenters. The molecule has 1 N–H and O–H groups in total. The zero-order chi connectivity index (χ0) is 16.5. The molecular formula is C21H33NS. The number of benzene rings is 1. The molecule has 1 aromatic rings. The summed E-state index contributed by atoms with van der Waals surface area (Å²) in [5.74, 6) is 3.11. The van der Waals surface area contributed by atoms with E-state index in [2.05, 4.69) is 55.7 Å². The number of rotatable bonds is 9. The molecule has 2 rings (SSSR count). The Balaban J connectivity index is 2.12. The fourth-order valence-electron chi connectivity index (χ4n) is 3.61. The number of aryl methyl sites for hydroxylation is 2. The second-order valence-corrected chi connectivity index (χ2v) is 7.79. The van der Waals surface area contributed by atoms with Crippen molar-refractivity contribution in [1.82, 2.24) is 5.32 Å². The Morgan fingerprint density at radius 2 is 2.09 bits per heavy atom. The molecule has 0 aliphatic carbocycles. The van der Waals surface area contributed by atoms with E-state index in [-0.39, 0.29) is 0 Å². The van der Waals surface area contributed by atoms with Gasteiger partial charge >= 0.3 is 0 Å². The van der Waals surface area contributed by atoms with Crippen molar-refractivity contribution in [2.45, 2.75) is 70.8 Å². The van der Waals surface area contributed by atoms with Crippen molar-refractivity contribution in [2.24, 2.45) is 0 Å². The Hall–Kier alpha value is -0.890. The monoisotopic (exact) mass is 331 g/mol. The lowest BCUT2D eigenvalue weighted by molar-refractivity contribution is 0.487. The third-order valence-corrected chi connectivity index (χ3v) is 6.15. The molecule has 2 heteroatoms. The predicted molar refractivity (Wildman–Crippen MR) is 105 cm³/mol. The molecule has 0 saturated carbocycles. The summed E-state index contributed by atoms with van der Waals surface area (Å²) < 4.78 is 0. The van der Waals surface area contributed by atoms with Crippen LogP contribution in [0.4, 0.5) is 0 Å². The van der Waals surface area contributed by atoms with Crippen molar-refractivity contribution in [3.63, 3.8) is 0 Å². The molecule has 1 heterocycles. The Kier molecular flexibility index (Phi) is 8.08. The number of unbranched alkanes of at least 4 members (excludes halogenated alkanes) is 3. The molecule has 1 fully saturated rings. The van der Waals surface area contributed by atoms with Gasteiger partial charge in [0.15, 0.2) is 0 Å². The number of hydrogen-bond donors (Lipinski definition) is 1. The lowest BCUT2D eigenvalue weighted by Gasteiger charge is -2.32. The highest BCUT2D eigenvalue weighted by molar-refractivity contribution is 7.99. The summed E-state index contributed by atoms with van der Waals surface area (Å²) in [7, 11) is 0. The van der Waals surface area contributed by atoms with Gasteiger partial charge in [-0.25, -0.2) is 0 Å². The molecule has 1 aliphatic heterocycles. The van der Waals surface area contributed by atoms with Gasteiger partial charge in [0.25, 0.3) is 0 Å². The fourth-order valence-corrected chi connectivity index (χ4v) is 4.88. The second kappa shape index (κ2) is 10.1. The molecule has 1 nitrogen and oxygen atoms in total. The van der Waals surface area contributed by atoms with Crippen molar-refractivity contribution >= 4 is 11.8 Å². The first-order valence-electron chi connectivity index (χ1n) is 9.36. The first-order valence-corrected chi connectivity index (χ1v) is 10.5. The SMILES string of the molecule is C=CNC1CCSCC1c1ccc(CC)c(CCCCCC)c1. The molecule has 0 aromatic heterocycles. The lowest BCUT2D eigenvalue weighted by Crippen LogP contribution is -2.36. The number of hydrogen-bond acceptors (Lipinski definition) is 2. The van der Waals surface area contributed by atoms with E-state index < -0.39 is 0 Å². The minimum Gasteiger partial charge on any atom is -0.388 e. The van der Waals surface area contributed by atoms with Crippen LogP contribution in [0.2, 0.25) is 0 Å². The van der Waals surface area contributed by atoms with Crippen LogP contribution in [0, 0.1) is 0 Å². The molecule has 23 heavy (non-hydrogen) atoms. The van der Waals surface area contributed by atoms with Gasteiger partial charge in [0.1, 0.15) is 0 Å². The minimum atomic E-state index is 0.550. The molecule has 0 spiro atoms. The predicted octanol–water partition coefficient (Wildman–Crippen LogP) is 5.69. The van der Waals surface area contributed by atoms with Crippen LogP contribution in [-0.2, 0) is 12.8 Å². The van der Waals surface area contributed by atoms with Gasteiger partial charge in [-0.15, -0.1) is 0 Å². The normalized spacial score (nSPS) is 21.1. The molecule has 0 radical (unpaired) electrons. The van der Waals surface area contributed by atoms with Crippen LogP contribution in [0.15, 0.2) is 31.0 Å². The summed E-state index contributed by atoms with van der Waals surface area (Å²) in [5, 5.41) is 3.49. The molecule has 0 bridgehead atoms. The standard InChI is InChI=1S/C21H33NS/c1-4-7-8-9-10-18-15-19(12-11-17(18)5-2)20-16-23-14-13-21(20)22-6-3/h6,11-12,15,20-22H,3-5,7-10,13-14,16H2,1-2H3. The molecule has 128 valence electrons. The third-order valence-electron chi connectivity index (χ3n) is 5.03. The maximum atomic E-state index is 3.87. The topological polar surface area (TPSA) is 12.0 Å². The summed E-state index contributed by atoms with van der Waals surface area (Å²) in [6.07, 6.45) is 10.9. The molecule has 0 amide bonds. The van der Waals surface area contributed by atoms with E-state index in [1.54, 1.807) is 11.1 Å². The third kappa shape index (κ3) is 5.31. The molecule has 1 saturated heterocycles. The lowest BCUT2D eigenvalue weighted by atomic mass is 9.87. The second-order valence-electron chi connectivity index (χ2n) is 6.64. The molecule has 1 aromatic carbocycles. The maximum Gasteiger partial charge on any atom is 0.0339 e. The summed E-state index contributed by atoms with van der Waals surface area (Å²) in [4.78, 5) is 0. The van der Waals surface area contributed by atoms with Gasteiger partial charge in [-0.05, 0) is 54.3 Å².